The van der Waals surface area contributed by atoms with Crippen molar-refractivity contribution in [2.75, 3.05) is 6.54 Å². The molecule has 0 radical (unpaired) electrons. The minimum absolute atomic E-state index is 0.0236. The Balaban J connectivity index is 3.95. The van der Waals surface area contributed by atoms with Crippen LogP contribution in [0.15, 0.2) is 17.3 Å². The number of rotatable bonds is 6. The summed E-state index contributed by atoms with van der Waals surface area (Å²) in [5.41, 5.74) is 8.06. The van der Waals surface area contributed by atoms with E-state index in [4.69, 9.17) is 5.53 Å². The lowest BCUT2D eigenvalue weighted by atomic mass is 10.1. The van der Waals surface area contributed by atoms with E-state index in [1.807, 2.05) is 25.2 Å². The maximum atomic E-state index is 10.0. The third-order valence-corrected chi connectivity index (χ3v) is 6.57. The minimum Gasteiger partial charge on any atom is -0.432 e. The van der Waals surface area contributed by atoms with Gasteiger partial charge in [0.15, 0.2) is 8.32 Å². The lowest BCUT2D eigenvalue weighted by molar-refractivity contribution is 0.453. The van der Waals surface area contributed by atoms with Crippen LogP contribution in [-0.4, -0.2) is 19.7 Å². The quantitative estimate of drug-likeness (QED) is 0.243. The van der Waals surface area contributed by atoms with Gasteiger partial charge in [-0.2, -0.15) is 0 Å². The van der Waals surface area contributed by atoms with E-state index in [2.05, 4.69) is 23.9 Å². The highest BCUT2D eigenvalue weighted by molar-refractivity contribution is 6.72. The lowest BCUT2D eigenvalue weighted by Crippen LogP contribution is -2.38. The number of nitrogens with zero attached hydrogens (tertiary/aromatic N) is 3. The van der Waals surface area contributed by atoms with E-state index in [1.165, 1.54) is 0 Å². The van der Waals surface area contributed by atoms with E-state index in [0.29, 0.717) is 6.54 Å². The molecule has 0 aliphatic heterocycles. The van der Waals surface area contributed by atoms with Gasteiger partial charge >= 0.3 is 0 Å². The average Bonchev–Trinajstić information content (AvgIpc) is 2.09. The summed E-state index contributed by atoms with van der Waals surface area (Å²) in [6, 6.07) is 0. The van der Waals surface area contributed by atoms with Crippen LogP contribution in [0, 0.1) is 0 Å². The molecule has 5 heteroatoms. The molecule has 0 aromatic heterocycles. The third-order valence-electron chi connectivity index (χ3n) is 3.01. The van der Waals surface area contributed by atoms with E-state index < -0.39 is 8.32 Å². The van der Waals surface area contributed by atoms with Crippen molar-refractivity contribution in [2.45, 2.75) is 44.8 Å². The van der Waals surface area contributed by atoms with Gasteiger partial charge in [-0.15, -0.1) is 0 Å². The Hall–Kier alpha value is -0.773. The van der Waals surface area contributed by atoms with Crippen LogP contribution in [0.5, 0.6) is 0 Å². The normalized spacial score (nSPS) is 12.9. The maximum absolute atomic E-state index is 10.0. The van der Waals surface area contributed by atoms with Crippen molar-refractivity contribution >= 4 is 8.32 Å². The van der Waals surface area contributed by atoms with Gasteiger partial charge in [-0.05, 0) is 36.5 Å². The van der Waals surface area contributed by atoms with Crippen LogP contribution >= 0.6 is 0 Å². The molecule has 0 aliphatic rings. The molecule has 1 N–H and O–H groups in total. The summed E-state index contributed by atoms with van der Waals surface area (Å²) < 4.78 is 0. The SMILES string of the molecule is CC(C)(CC/C=C\CN=[N+]=[N-])[Si](C)(C)O. The molecule has 4 nitrogen and oxygen atoms in total. The van der Waals surface area contributed by atoms with Crippen molar-refractivity contribution in [3.8, 4) is 0 Å². The highest BCUT2D eigenvalue weighted by atomic mass is 28.4. The molecule has 0 aromatic carbocycles. The standard InChI is InChI=1S/C10H21N3OSi/c1-10(2,15(3,4)14)8-6-5-7-9-12-13-11/h5,7,14H,6,8-9H2,1-4H3/b7-5-. The van der Waals surface area contributed by atoms with E-state index >= 15 is 0 Å². The molecule has 0 saturated carbocycles. The second-order valence-electron chi connectivity index (χ2n) is 4.87. The van der Waals surface area contributed by atoms with Gasteiger partial charge in [0.05, 0.1) is 0 Å². The molecule has 0 atom stereocenters. The first-order chi connectivity index (χ1) is 6.81. The monoisotopic (exact) mass is 227 g/mol. The van der Waals surface area contributed by atoms with Crippen LogP contribution in [-0.2, 0) is 0 Å². The van der Waals surface area contributed by atoms with Gasteiger partial charge in [-0.3, -0.25) is 0 Å². The third kappa shape index (κ3) is 5.62. The van der Waals surface area contributed by atoms with Gasteiger partial charge in [0.2, 0.25) is 0 Å². The highest BCUT2D eigenvalue weighted by Crippen LogP contribution is 2.39. The molecule has 0 amide bonds. The van der Waals surface area contributed by atoms with Crippen molar-refractivity contribution in [3.05, 3.63) is 22.6 Å². The molecule has 0 spiro atoms. The maximum Gasteiger partial charge on any atom is 0.188 e. The largest absolute Gasteiger partial charge is 0.432 e. The van der Waals surface area contributed by atoms with Crippen LogP contribution in [0.2, 0.25) is 18.1 Å². The Kier molecular flexibility index (Phi) is 5.65. The van der Waals surface area contributed by atoms with Crippen LogP contribution in [0.4, 0.5) is 0 Å². The molecule has 0 rings (SSSR count). The van der Waals surface area contributed by atoms with Gasteiger partial charge in [0.1, 0.15) is 0 Å². The van der Waals surface area contributed by atoms with Crippen LogP contribution in [0.3, 0.4) is 0 Å². The van der Waals surface area contributed by atoms with Crippen molar-refractivity contribution in [1.29, 1.82) is 0 Å². The first-order valence-corrected chi connectivity index (χ1v) is 8.14. The first kappa shape index (κ1) is 14.2. The van der Waals surface area contributed by atoms with Crippen molar-refractivity contribution in [2.24, 2.45) is 5.11 Å². The zero-order chi connectivity index (χ0) is 11.9. The molecule has 15 heavy (non-hydrogen) atoms. The predicted octanol–water partition coefficient (Wildman–Crippen LogP) is 3.61. The Bertz CT molecular complexity index is 262. The Morgan fingerprint density at radius 3 is 2.47 bits per heavy atom. The Morgan fingerprint density at radius 1 is 1.40 bits per heavy atom. The summed E-state index contributed by atoms with van der Waals surface area (Å²) in [7, 11) is -2.08. The topological polar surface area (TPSA) is 69.0 Å². The van der Waals surface area contributed by atoms with Gasteiger partial charge in [-0.25, -0.2) is 0 Å². The van der Waals surface area contributed by atoms with Crippen molar-refractivity contribution < 1.29 is 4.80 Å². The van der Waals surface area contributed by atoms with E-state index in [-0.39, 0.29) is 5.04 Å². The van der Waals surface area contributed by atoms with E-state index in [0.717, 1.165) is 12.8 Å². The molecule has 0 bridgehead atoms. The Labute approximate surface area is 92.8 Å². The molecule has 0 fully saturated rings. The summed E-state index contributed by atoms with van der Waals surface area (Å²) in [6.45, 7) is 8.57. The smallest absolute Gasteiger partial charge is 0.188 e. The van der Waals surface area contributed by atoms with Crippen LogP contribution in [0.1, 0.15) is 26.7 Å². The predicted molar refractivity (Wildman–Crippen MR) is 66.1 cm³/mol. The average molecular weight is 227 g/mol. The molecule has 0 aromatic rings. The minimum atomic E-state index is -2.08. The zero-order valence-electron chi connectivity index (χ0n) is 10.1. The molecule has 0 aliphatic carbocycles. The second-order valence-corrected chi connectivity index (χ2v) is 9.34. The van der Waals surface area contributed by atoms with Gasteiger partial charge < -0.3 is 4.80 Å². The molecule has 86 valence electrons. The number of hydrogen-bond donors (Lipinski definition) is 1. The highest BCUT2D eigenvalue weighted by Gasteiger charge is 2.36. The summed E-state index contributed by atoms with van der Waals surface area (Å²) in [5.74, 6) is 0. The number of hydrogen-bond acceptors (Lipinski definition) is 2. The summed E-state index contributed by atoms with van der Waals surface area (Å²) in [4.78, 5) is 12.7. The summed E-state index contributed by atoms with van der Waals surface area (Å²) in [5, 5.41) is 3.43. The summed E-state index contributed by atoms with van der Waals surface area (Å²) in [6.07, 6.45) is 5.76. The fourth-order valence-corrected chi connectivity index (χ4v) is 1.78. The Morgan fingerprint density at radius 2 is 2.00 bits per heavy atom. The van der Waals surface area contributed by atoms with Gasteiger partial charge in [-0.1, -0.05) is 31.1 Å². The van der Waals surface area contributed by atoms with Crippen molar-refractivity contribution in [3.63, 3.8) is 0 Å². The number of azide groups is 1. The van der Waals surface area contributed by atoms with Crippen LogP contribution in [0.25, 0.3) is 10.4 Å². The summed E-state index contributed by atoms with van der Waals surface area (Å²) >= 11 is 0. The first-order valence-electron chi connectivity index (χ1n) is 5.19. The molecular formula is C10H21N3OSi. The molecule has 0 heterocycles. The van der Waals surface area contributed by atoms with E-state index in [1.54, 1.807) is 0 Å². The molecule has 0 unspecified atom stereocenters. The van der Waals surface area contributed by atoms with E-state index in [9.17, 15) is 4.80 Å². The van der Waals surface area contributed by atoms with Crippen molar-refractivity contribution in [1.82, 2.24) is 0 Å². The lowest BCUT2D eigenvalue weighted by Gasteiger charge is -2.34. The molecule has 0 saturated heterocycles. The second kappa shape index (κ2) is 5.95. The fourth-order valence-electron chi connectivity index (χ4n) is 1.03. The van der Waals surface area contributed by atoms with Gasteiger partial charge in [0.25, 0.3) is 0 Å². The van der Waals surface area contributed by atoms with Crippen LogP contribution < -0.4 is 0 Å². The zero-order valence-corrected chi connectivity index (χ0v) is 11.1. The van der Waals surface area contributed by atoms with Gasteiger partial charge in [0, 0.05) is 11.5 Å². The fraction of sp³-hybridized carbons (Fsp3) is 0.800. The number of allylic oxidation sites excluding steroid dienone is 1. The molecular weight excluding hydrogens is 206 g/mol.